The smallest absolute Gasteiger partial charge is 0.408 e. The molecule has 2 amide bonds. The number of hydrogen-bond acceptors (Lipinski definition) is 9. The highest BCUT2D eigenvalue weighted by atomic mass is 33.1. The van der Waals surface area contributed by atoms with Crippen LogP contribution < -0.4 is 10.6 Å². The number of nitrogens with one attached hydrogen (secondary N) is 2. The molecule has 0 heterocycles. The normalized spacial score (nSPS) is 16.9. The largest absolute Gasteiger partial charge is 0.467 e. The minimum absolute atomic E-state index is 0.0682. The second-order valence-electron chi connectivity index (χ2n) is 8.15. The summed E-state index contributed by atoms with van der Waals surface area (Å²) in [6.45, 7) is 8.57. The van der Waals surface area contributed by atoms with Crippen molar-refractivity contribution in [3.63, 3.8) is 0 Å². The van der Waals surface area contributed by atoms with Crippen molar-refractivity contribution in [1.29, 1.82) is 0 Å². The number of ketones is 2. The molecule has 0 radical (unpaired) electrons. The number of methoxy groups -OCH3 is 1. The summed E-state index contributed by atoms with van der Waals surface area (Å²) in [4.78, 5) is 60.5. The Morgan fingerprint density at radius 3 is 2.13 bits per heavy atom. The Morgan fingerprint density at radius 2 is 1.67 bits per heavy atom. The molecule has 0 saturated heterocycles. The highest BCUT2D eigenvalue weighted by Gasteiger charge is 2.35. The van der Waals surface area contributed by atoms with E-state index in [1.54, 1.807) is 34.6 Å². The number of alkyl carbamates (subject to hydrolysis) is 1. The van der Waals surface area contributed by atoms with Crippen molar-refractivity contribution in [3.05, 3.63) is 0 Å². The summed E-state index contributed by atoms with van der Waals surface area (Å²) >= 11 is 0. The Kier molecular flexibility index (Phi) is 10.2. The summed E-state index contributed by atoms with van der Waals surface area (Å²) in [6, 6.07) is -1.93. The summed E-state index contributed by atoms with van der Waals surface area (Å²) in [5, 5.41) is 4.33. The summed E-state index contributed by atoms with van der Waals surface area (Å²) < 4.78 is 9.93. The van der Waals surface area contributed by atoms with Crippen LogP contribution in [0.2, 0.25) is 0 Å². The molecular formula is C19H30N2O7S2. The Labute approximate surface area is 184 Å². The fourth-order valence-electron chi connectivity index (χ4n) is 2.48. The fraction of sp³-hybridized carbons (Fsp3) is 0.737. The third-order valence-corrected chi connectivity index (χ3v) is 6.75. The minimum atomic E-state index is -1.05. The molecule has 2 atom stereocenters. The average Bonchev–Trinajstić information content (AvgIpc) is 2.94. The molecule has 0 aliphatic heterocycles. The van der Waals surface area contributed by atoms with Gasteiger partial charge >= 0.3 is 12.1 Å². The van der Waals surface area contributed by atoms with Crippen LogP contribution >= 0.6 is 21.6 Å². The van der Waals surface area contributed by atoms with Crippen LogP contribution in [0, 0.1) is 5.92 Å². The minimum Gasteiger partial charge on any atom is -0.467 e. The number of hydrogen-bond donors (Lipinski definition) is 2. The lowest BCUT2D eigenvalue weighted by Crippen LogP contribution is -2.54. The maximum Gasteiger partial charge on any atom is 0.408 e. The van der Waals surface area contributed by atoms with Gasteiger partial charge in [0.05, 0.1) is 7.11 Å². The van der Waals surface area contributed by atoms with E-state index in [0.717, 1.165) is 21.6 Å². The molecule has 170 valence electrons. The van der Waals surface area contributed by atoms with Gasteiger partial charge in [-0.2, -0.15) is 0 Å². The Hall–Kier alpha value is -1.75. The van der Waals surface area contributed by atoms with Crippen molar-refractivity contribution in [2.45, 2.75) is 70.4 Å². The van der Waals surface area contributed by atoms with Crippen LogP contribution in [0.5, 0.6) is 0 Å². The number of carbonyl (C=O) groups excluding carboxylic acids is 5. The molecular weight excluding hydrogens is 432 g/mol. The SMILES string of the molecule is COC(=O)[C@@H](NC(=O)[C@H](CSSC1C(=O)CCC1=O)NC(=O)OC(C)(C)C)C(C)C. The highest BCUT2D eigenvalue weighted by molar-refractivity contribution is 8.77. The molecule has 1 fully saturated rings. The van der Waals surface area contributed by atoms with Gasteiger partial charge in [-0.05, 0) is 26.7 Å². The lowest BCUT2D eigenvalue weighted by molar-refractivity contribution is -0.146. The van der Waals surface area contributed by atoms with Crippen molar-refractivity contribution in [1.82, 2.24) is 10.6 Å². The molecule has 0 bridgehead atoms. The van der Waals surface area contributed by atoms with Crippen LogP contribution in [0.15, 0.2) is 0 Å². The third-order valence-electron chi connectivity index (χ3n) is 4.03. The van der Waals surface area contributed by atoms with Gasteiger partial charge in [-0.15, -0.1) is 0 Å². The molecule has 0 aromatic heterocycles. The van der Waals surface area contributed by atoms with Crippen LogP contribution in [-0.2, 0) is 28.7 Å². The van der Waals surface area contributed by atoms with Gasteiger partial charge in [0, 0.05) is 18.6 Å². The van der Waals surface area contributed by atoms with Crippen LogP contribution in [-0.4, -0.2) is 65.3 Å². The number of carbonyl (C=O) groups is 5. The maximum atomic E-state index is 12.8. The van der Waals surface area contributed by atoms with Gasteiger partial charge in [-0.25, -0.2) is 9.59 Å². The third kappa shape index (κ3) is 8.55. The molecule has 0 unspecified atom stereocenters. The van der Waals surface area contributed by atoms with Crippen LogP contribution in [0.3, 0.4) is 0 Å². The molecule has 11 heteroatoms. The molecule has 1 aliphatic carbocycles. The van der Waals surface area contributed by atoms with E-state index in [9.17, 15) is 24.0 Å². The van der Waals surface area contributed by atoms with E-state index in [1.165, 1.54) is 7.11 Å². The predicted octanol–water partition coefficient (Wildman–Crippen LogP) is 1.88. The predicted molar refractivity (Wildman–Crippen MR) is 115 cm³/mol. The molecule has 2 N–H and O–H groups in total. The first-order valence-corrected chi connectivity index (χ1v) is 11.9. The van der Waals surface area contributed by atoms with Gasteiger partial charge in [-0.1, -0.05) is 35.4 Å². The monoisotopic (exact) mass is 462 g/mol. The Balaban J connectivity index is 2.83. The number of rotatable bonds is 9. The molecule has 1 saturated carbocycles. The molecule has 0 aromatic rings. The van der Waals surface area contributed by atoms with Gasteiger partial charge in [0.25, 0.3) is 0 Å². The average molecular weight is 463 g/mol. The van der Waals surface area contributed by atoms with Crippen LogP contribution in [0.4, 0.5) is 4.79 Å². The zero-order valence-electron chi connectivity index (χ0n) is 18.1. The van der Waals surface area contributed by atoms with E-state index in [-0.39, 0.29) is 36.1 Å². The molecule has 0 aromatic carbocycles. The quantitative estimate of drug-likeness (QED) is 0.300. The van der Waals surface area contributed by atoms with Crippen LogP contribution in [0.25, 0.3) is 0 Å². The summed E-state index contributed by atoms with van der Waals surface area (Å²) in [7, 11) is 3.43. The van der Waals surface area contributed by atoms with Crippen molar-refractivity contribution >= 4 is 51.1 Å². The molecule has 30 heavy (non-hydrogen) atoms. The summed E-state index contributed by atoms with van der Waals surface area (Å²) in [6.07, 6.45) is -0.334. The standard InChI is InChI=1S/C19H30N2O7S2/c1-10(2)14(17(25)27-6)21-16(24)11(20-18(26)28-19(3,4)5)9-29-30-15-12(22)7-8-13(15)23/h10-11,14-15H,7-9H2,1-6H3,(H,20,26)(H,21,24)/t11-,14-/m0/s1. The van der Waals surface area contributed by atoms with Crippen molar-refractivity contribution in [2.75, 3.05) is 12.9 Å². The molecule has 0 spiro atoms. The van der Waals surface area contributed by atoms with E-state index in [4.69, 9.17) is 9.47 Å². The van der Waals surface area contributed by atoms with Crippen molar-refractivity contribution in [3.8, 4) is 0 Å². The number of Topliss-reactive ketones (excluding diaryl/α,β-unsaturated/α-hetero) is 2. The van der Waals surface area contributed by atoms with Crippen molar-refractivity contribution in [2.24, 2.45) is 5.92 Å². The lowest BCUT2D eigenvalue weighted by atomic mass is 10.0. The molecule has 1 rings (SSSR count). The number of esters is 1. The molecule has 9 nitrogen and oxygen atoms in total. The lowest BCUT2D eigenvalue weighted by Gasteiger charge is -2.25. The Bertz CT molecular complexity index is 660. The van der Waals surface area contributed by atoms with E-state index in [2.05, 4.69) is 10.6 Å². The first-order valence-electron chi connectivity index (χ1n) is 9.57. The second-order valence-corrected chi connectivity index (χ2v) is 10.7. The number of ether oxygens (including phenoxy) is 2. The van der Waals surface area contributed by atoms with Gasteiger partial charge in [0.15, 0.2) is 11.6 Å². The first-order chi connectivity index (χ1) is 13.9. The fourth-order valence-corrected chi connectivity index (χ4v) is 5.21. The molecule has 1 aliphatic rings. The second kappa shape index (κ2) is 11.6. The zero-order valence-corrected chi connectivity index (χ0v) is 19.7. The first kappa shape index (κ1) is 26.3. The summed E-state index contributed by atoms with van der Waals surface area (Å²) in [5.41, 5.74) is -0.762. The maximum absolute atomic E-state index is 12.8. The van der Waals surface area contributed by atoms with E-state index >= 15 is 0 Å². The van der Waals surface area contributed by atoms with Crippen molar-refractivity contribution < 1.29 is 33.4 Å². The van der Waals surface area contributed by atoms with Gasteiger partial charge < -0.3 is 20.1 Å². The van der Waals surface area contributed by atoms with E-state index in [0.29, 0.717) is 0 Å². The number of amides is 2. The topological polar surface area (TPSA) is 128 Å². The summed E-state index contributed by atoms with van der Waals surface area (Å²) in [5.74, 6) is -1.63. The zero-order chi connectivity index (χ0) is 23.1. The van der Waals surface area contributed by atoms with Gasteiger partial charge in [0.2, 0.25) is 5.91 Å². The van der Waals surface area contributed by atoms with Gasteiger partial charge in [0.1, 0.15) is 22.9 Å². The highest BCUT2D eigenvalue weighted by Crippen LogP contribution is 2.33. The van der Waals surface area contributed by atoms with Gasteiger partial charge in [-0.3, -0.25) is 14.4 Å². The Morgan fingerprint density at radius 1 is 1.10 bits per heavy atom. The van der Waals surface area contributed by atoms with E-state index in [1.807, 2.05) is 0 Å². The van der Waals surface area contributed by atoms with Crippen LogP contribution in [0.1, 0.15) is 47.5 Å². The van der Waals surface area contributed by atoms with E-state index < -0.39 is 40.9 Å².